The van der Waals surface area contributed by atoms with Crippen molar-refractivity contribution in [2.75, 3.05) is 19.6 Å². The summed E-state index contributed by atoms with van der Waals surface area (Å²) in [7, 11) is 0. The molecule has 1 N–H and O–H groups in total. The van der Waals surface area contributed by atoms with E-state index in [0.717, 1.165) is 18.4 Å². The minimum Gasteiger partial charge on any atom is -0.387 e. The van der Waals surface area contributed by atoms with Crippen molar-refractivity contribution >= 4 is 11.8 Å². The van der Waals surface area contributed by atoms with Crippen LogP contribution in [0.15, 0.2) is 30.3 Å². The van der Waals surface area contributed by atoms with Crippen LogP contribution in [0.3, 0.4) is 0 Å². The number of hydrogen-bond donors (Lipinski definition) is 1. The molecular weight excluding hydrogens is 421 g/mol. The Bertz CT molecular complexity index is 854. The van der Waals surface area contributed by atoms with E-state index in [1.165, 1.54) is 11.8 Å². The lowest BCUT2D eigenvalue weighted by molar-refractivity contribution is -0.183. The molecule has 2 amide bonds. The highest BCUT2D eigenvalue weighted by atomic mass is 19.4. The summed E-state index contributed by atoms with van der Waals surface area (Å²) in [5.41, 5.74) is -0.711. The number of alkyl halides is 3. The third-order valence-corrected chi connectivity index (χ3v) is 7.79. The Kier molecular flexibility index (Phi) is 6.03. The number of carbonyl (C=O) groups is 2. The third kappa shape index (κ3) is 4.26. The van der Waals surface area contributed by atoms with Crippen LogP contribution in [-0.4, -0.2) is 58.1 Å². The van der Waals surface area contributed by atoms with E-state index >= 15 is 0 Å². The second kappa shape index (κ2) is 8.36. The van der Waals surface area contributed by atoms with Crippen LogP contribution in [0, 0.1) is 11.3 Å². The summed E-state index contributed by atoms with van der Waals surface area (Å²) < 4.78 is 38.4. The summed E-state index contributed by atoms with van der Waals surface area (Å²) >= 11 is 0. The lowest BCUT2D eigenvalue weighted by Gasteiger charge is -2.56. The standard InChI is InChI=1S/C24H31F3N2O3/c1-17(14-24(25,26)27)21(31)28-12-11-23(32,22(15-28)9-5-6-10-22)16-29-19(13-20(29)30)18-7-3-2-4-8-18/h2-4,7-8,17,19,32H,5-6,9-16H2,1H3/t17-,19?,23?/m1/s1. The molecule has 4 rings (SSSR count). The maximum atomic E-state index is 12.8. The predicted octanol–water partition coefficient (Wildman–Crippen LogP) is 4.07. The molecule has 2 saturated heterocycles. The molecule has 1 aromatic carbocycles. The first-order valence-electron chi connectivity index (χ1n) is 11.5. The first-order valence-corrected chi connectivity index (χ1v) is 11.5. The number of amides is 2. The number of aliphatic hydroxyl groups is 1. The zero-order chi connectivity index (χ0) is 23.1. The largest absolute Gasteiger partial charge is 0.389 e. The van der Waals surface area contributed by atoms with Gasteiger partial charge in [0.25, 0.3) is 0 Å². The molecule has 1 aliphatic carbocycles. The highest BCUT2D eigenvalue weighted by Gasteiger charge is 2.58. The van der Waals surface area contributed by atoms with Gasteiger partial charge in [-0.15, -0.1) is 0 Å². The van der Waals surface area contributed by atoms with Gasteiger partial charge in [0.15, 0.2) is 0 Å². The van der Waals surface area contributed by atoms with Crippen molar-refractivity contribution in [3.63, 3.8) is 0 Å². The molecule has 176 valence electrons. The average Bonchev–Trinajstić information content (AvgIpc) is 3.21. The zero-order valence-corrected chi connectivity index (χ0v) is 18.4. The normalized spacial score (nSPS) is 28.7. The molecule has 3 fully saturated rings. The SMILES string of the molecule is C[C@H](CC(F)(F)F)C(=O)N1CCC(O)(CN2C(=O)CC2c2ccccc2)C2(CCCC2)C1. The van der Waals surface area contributed by atoms with E-state index in [-0.39, 0.29) is 38.0 Å². The molecule has 2 heterocycles. The van der Waals surface area contributed by atoms with Gasteiger partial charge in [-0.3, -0.25) is 9.59 Å². The molecule has 8 heteroatoms. The van der Waals surface area contributed by atoms with Crippen LogP contribution in [0.4, 0.5) is 13.2 Å². The second-order valence-electron chi connectivity index (χ2n) is 9.90. The van der Waals surface area contributed by atoms with E-state index in [1.54, 1.807) is 4.90 Å². The minimum atomic E-state index is -4.39. The number of carbonyl (C=O) groups excluding carboxylic acids is 2. The number of β-amino-alcohol motifs (C(OH)–C–C–N with tert-alkyl or cyclic N) is 1. The van der Waals surface area contributed by atoms with Gasteiger partial charge in [-0.1, -0.05) is 50.1 Å². The lowest BCUT2D eigenvalue weighted by Crippen LogP contribution is -2.66. The molecule has 3 atom stereocenters. The monoisotopic (exact) mass is 452 g/mol. The summed E-state index contributed by atoms with van der Waals surface area (Å²) in [5.74, 6) is -1.64. The Morgan fingerprint density at radius 3 is 2.44 bits per heavy atom. The van der Waals surface area contributed by atoms with Crippen molar-refractivity contribution in [3.05, 3.63) is 35.9 Å². The number of nitrogens with zero attached hydrogens (tertiary/aromatic N) is 2. The van der Waals surface area contributed by atoms with E-state index in [0.29, 0.717) is 19.3 Å². The Hall–Kier alpha value is -2.09. The molecule has 1 aromatic rings. The van der Waals surface area contributed by atoms with Crippen LogP contribution in [0.25, 0.3) is 0 Å². The maximum Gasteiger partial charge on any atom is 0.389 e. The first-order chi connectivity index (χ1) is 15.0. The minimum absolute atomic E-state index is 0.00210. The number of hydrogen-bond acceptors (Lipinski definition) is 3. The summed E-state index contributed by atoms with van der Waals surface area (Å²) in [6.45, 7) is 1.98. The molecular formula is C24H31F3N2O3. The predicted molar refractivity (Wildman–Crippen MR) is 112 cm³/mol. The van der Waals surface area contributed by atoms with Gasteiger partial charge in [0.1, 0.15) is 0 Å². The molecule has 0 radical (unpaired) electrons. The fraction of sp³-hybridized carbons (Fsp3) is 0.667. The van der Waals surface area contributed by atoms with Crippen molar-refractivity contribution in [1.82, 2.24) is 9.80 Å². The van der Waals surface area contributed by atoms with Gasteiger partial charge < -0.3 is 14.9 Å². The van der Waals surface area contributed by atoms with Crippen molar-refractivity contribution in [1.29, 1.82) is 0 Å². The highest BCUT2D eigenvalue weighted by molar-refractivity contribution is 5.84. The molecule has 2 unspecified atom stereocenters. The summed E-state index contributed by atoms with van der Waals surface area (Å²) in [4.78, 5) is 28.5. The van der Waals surface area contributed by atoms with Gasteiger partial charge >= 0.3 is 6.18 Å². The van der Waals surface area contributed by atoms with Crippen LogP contribution in [0.2, 0.25) is 0 Å². The van der Waals surface area contributed by atoms with E-state index in [9.17, 15) is 27.9 Å². The van der Waals surface area contributed by atoms with Gasteiger partial charge in [-0.05, 0) is 24.8 Å². The van der Waals surface area contributed by atoms with Gasteiger partial charge in [0, 0.05) is 24.4 Å². The topological polar surface area (TPSA) is 60.9 Å². The van der Waals surface area contributed by atoms with Gasteiger partial charge in [-0.25, -0.2) is 0 Å². The fourth-order valence-corrected chi connectivity index (χ4v) is 5.94. The van der Waals surface area contributed by atoms with E-state index in [1.807, 2.05) is 30.3 Å². The number of benzene rings is 1. The molecule has 3 aliphatic rings. The van der Waals surface area contributed by atoms with Crippen LogP contribution in [-0.2, 0) is 9.59 Å². The number of halogens is 3. The van der Waals surface area contributed by atoms with E-state index in [2.05, 4.69) is 0 Å². The Balaban J connectivity index is 1.51. The molecule has 0 aromatic heterocycles. The zero-order valence-electron chi connectivity index (χ0n) is 18.4. The van der Waals surface area contributed by atoms with Gasteiger partial charge in [0.2, 0.25) is 11.8 Å². The summed E-state index contributed by atoms with van der Waals surface area (Å²) in [6.07, 6.45) is -1.63. The number of β-lactam (4-membered cyclic amide) rings is 1. The summed E-state index contributed by atoms with van der Waals surface area (Å²) in [5, 5.41) is 11.9. The molecule has 5 nitrogen and oxygen atoms in total. The maximum absolute atomic E-state index is 12.8. The first kappa shape index (κ1) is 23.1. The van der Waals surface area contributed by atoms with Crippen LogP contribution >= 0.6 is 0 Å². The molecule has 2 aliphatic heterocycles. The van der Waals surface area contributed by atoms with Crippen molar-refractivity contribution in [3.8, 4) is 0 Å². The quantitative estimate of drug-likeness (QED) is 0.685. The Morgan fingerprint density at radius 1 is 1.19 bits per heavy atom. The Morgan fingerprint density at radius 2 is 1.84 bits per heavy atom. The van der Waals surface area contributed by atoms with Crippen molar-refractivity contribution in [2.45, 2.75) is 69.7 Å². The van der Waals surface area contributed by atoms with Crippen LogP contribution in [0.1, 0.15) is 63.5 Å². The Labute approximate surface area is 186 Å². The average molecular weight is 453 g/mol. The third-order valence-electron chi connectivity index (χ3n) is 7.79. The van der Waals surface area contributed by atoms with Gasteiger partial charge in [-0.2, -0.15) is 13.2 Å². The van der Waals surface area contributed by atoms with Crippen molar-refractivity contribution in [2.24, 2.45) is 11.3 Å². The van der Waals surface area contributed by atoms with Crippen LogP contribution in [0.5, 0.6) is 0 Å². The second-order valence-corrected chi connectivity index (χ2v) is 9.90. The number of rotatable bonds is 5. The van der Waals surface area contributed by atoms with Crippen LogP contribution < -0.4 is 0 Å². The molecule has 0 bridgehead atoms. The molecule has 1 spiro atoms. The van der Waals surface area contributed by atoms with Crippen molar-refractivity contribution < 1.29 is 27.9 Å². The highest BCUT2D eigenvalue weighted by Crippen LogP contribution is 2.53. The molecule has 32 heavy (non-hydrogen) atoms. The summed E-state index contributed by atoms with van der Waals surface area (Å²) in [6, 6.07) is 9.65. The fourth-order valence-electron chi connectivity index (χ4n) is 5.94. The molecule has 1 saturated carbocycles. The van der Waals surface area contributed by atoms with Gasteiger partial charge in [0.05, 0.1) is 31.0 Å². The van der Waals surface area contributed by atoms with E-state index in [4.69, 9.17) is 0 Å². The number of likely N-dealkylation sites (tertiary alicyclic amines) is 2. The lowest BCUT2D eigenvalue weighted by atomic mass is 9.65. The van der Waals surface area contributed by atoms with E-state index < -0.39 is 35.4 Å². The smallest absolute Gasteiger partial charge is 0.387 e. The number of piperidine rings is 1.